The number of hydrogen-bond donors (Lipinski definition) is 2. The third-order valence-corrected chi connectivity index (χ3v) is 1.77. The number of hydrogen-bond acceptors (Lipinski definition) is 2. The highest BCUT2D eigenvalue weighted by Gasteiger charge is 2.20. The van der Waals surface area contributed by atoms with Crippen molar-refractivity contribution in [3.8, 4) is 0 Å². The van der Waals surface area contributed by atoms with Crippen LogP contribution in [0.5, 0.6) is 0 Å². The first kappa shape index (κ1) is 7.10. The van der Waals surface area contributed by atoms with Gasteiger partial charge < -0.3 is 10.0 Å². The Hall–Kier alpha value is -0.0151. The highest BCUT2D eigenvalue weighted by Crippen LogP contribution is 2.33. The lowest BCUT2D eigenvalue weighted by Crippen LogP contribution is -2.09. The van der Waals surface area contributed by atoms with Gasteiger partial charge in [-0.3, -0.25) is 0 Å². The normalized spacial score (nSPS) is 18.0. The molecule has 0 aromatic heterocycles. The Balaban J connectivity index is 1.81. The molecule has 0 heterocycles. The van der Waals surface area contributed by atoms with Crippen molar-refractivity contribution >= 4 is 7.12 Å². The molecule has 52 valence electrons. The first-order valence-corrected chi connectivity index (χ1v) is 3.65. The summed E-state index contributed by atoms with van der Waals surface area (Å²) in [5.74, 6) is 0.920. The zero-order valence-electron chi connectivity index (χ0n) is 5.58. The lowest BCUT2D eigenvalue weighted by Gasteiger charge is -1.95. The van der Waals surface area contributed by atoms with Crippen molar-refractivity contribution in [1.82, 2.24) is 0 Å². The van der Waals surface area contributed by atoms with Crippen LogP contribution in [0.4, 0.5) is 0 Å². The van der Waals surface area contributed by atoms with Crippen LogP contribution in [-0.2, 0) is 0 Å². The summed E-state index contributed by atoms with van der Waals surface area (Å²) in [6.45, 7) is 0. The van der Waals surface area contributed by atoms with Crippen molar-refractivity contribution in [3.05, 3.63) is 0 Å². The molecule has 3 heteroatoms. The molecule has 1 aliphatic carbocycles. The maximum atomic E-state index is 8.44. The van der Waals surface area contributed by atoms with E-state index in [1.54, 1.807) is 0 Å². The van der Waals surface area contributed by atoms with Crippen LogP contribution in [0.25, 0.3) is 0 Å². The molecule has 0 radical (unpaired) electrons. The first-order chi connectivity index (χ1) is 4.29. The summed E-state index contributed by atoms with van der Waals surface area (Å²) < 4.78 is 0. The fourth-order valence-corrected chi connectivity index (χ4v) is 0.996. The molecular weight excluding hydrogens is 115 g/mol. The summed E-state index contributed by atoms with van der Waals surface area (Å²) in [6, 6.07) is 0. The van der Waals surface area contributed by atoms with Crippen molar-refractivity contribution in [1.29, 1.82) is 0 Å². The second-order valence-electron chi connectivity index (χ2n) is 2.85. The van der Waals surface area contributed by atoms with Gasteiger partial charge in [-0.1, -0.05) is 25.7 Å². The van der Waals surface area contributed by atoms with E-state index < -0.39 is 7.12 Å². The van der Waals surface area contributed by atoms with Crippen LogP contribution in [-0.4, -0.2) is 17.2 Å². The van der Waals surface area contributed by atoms with Crippen molar-refractivity contribution in [2.75, 3.05) is 0 Å². The first-order valence-electron chi connectivity index (χ1n) is 3.65. The minimum atomic E-state index is -1.08. The van der Waals surface area contributed by atoms with Gasteiger partial charge in [0.2, 0.25) is 0 Å². The Bertz CT molecular complexity index is 79.1. The molecular formula is C6H13BO2. The molecule has 1 rings (SSSR count). The summed E-state index contributed by atoms with van der Waals surface area (Å²) in [6.07, 6.45) is 5.44. The van der Waals surface area contributed by atoms with Crippen molar-refractivity contribution in [3.63, 3.8) is 0 Å². The molecule has 2 nitrogen and oxygen atoms in total. The van der Waals surface area contributed by atoms with Crippen molar-refractivity contribution < 1.29 is 10.0 Å². The van der Waals surface area contributed by atoms with Gasteiger partial charge in [-0.2, -0.15) is 0 Å². The maximum Gasteiger partial charge on any atom is 0.451 e. The van der Waals surface area contributed by atoms with Gasteiger partial charge in [0, 0.05) is 0 Å². The molecule has 2 N–H and O–H groups in total. The molecule has 1 saturated carbocycles. The lowest BCUT2D eigenvalue weighted by molar-refractivity contribution is 0.401. The van der Waals surface area contributed by atoms with E-state index in [1.807, 2.05) is 0 Å². The topological polar surface area (TPSA) is 40.5 Å². The molecule has 0 aliphatic heterocycles. The third-order valence-electron chi connectivity index (χ3n) is 1.77. The average molecular weight is 128 g/mol. The lowest BCUT2D eigenvalue weighted by atomic mass is 9.83. The van der Waals surface area contributed by atoms with Gasteiger partial charge in [0.15, 0.2) is 0 Å². The Kier molecular flexibility index (Phi) is 2.55. The Labute approximate surface area is 56.0 Å². The minimum absolute atomic E-state index is 0.552. The smallest absolute Gasteiger partial charge is 0.427 e. The predicted molar refractivity (Wildman–Crippen MR) is 37.0 cm³/mol. The quantitative estimate of drug-likeness (QED) is 0.545. The van der Waals surface area contributed by atoms with Gasteiger partial charge in [-0.05, 0) is 12.2 Å². The summed E-state index contributed by atoms with van der Waals surface area (Å²) >= 11 is 0. The fourth-order valence-electron chi connectivity index (χ4n) is 0.996. The zero-order chi connectivity index (χ0) is 6.69. The Morgan fingerprint density at radius 2 is 2.00 bits per heavy atom. The minimum Gasteiger partial charge on any atom is -0.427 e. The molecule has 0 aromatic rings. The largest absolute Gasteiger partial charge is 0.451 e. The monoisotopic (exact) mass is 128 g/mol. The van der Waals surface area contributed by atoms with E-state index in [-0.39, 0.29) is 0 Å². The van der Waals surface area contributed by atoms with Crippen LogP contribution >= 0.6 is 0 Å². The SMILES string of the molecule is OB(O)CCCC1CC1. The molecule has 0 atom stereocenters. The molecule has 0 bridgehead atoms. The van der Waals surface area contributed by atoms with Crippen molar-refractivity contribution in [2.24, 2.45) is 5.92 Å². The van der Waals surface area contributed by atoms with Gasteiger partial charge in [-0.15, -0.1) is 0 Å². The molecule has 0 amide bonds. The van der Waals surface area contributed by atoms with Crippen LogP contribution in [0.15, 0.2) is 0 Å². The summed E-state index contributed by atoms with van der Waals surface area (Å²) in [4.78, 5) is 0. The molecule has 0 saturated heterocycles. The van der Waals surface area contributed by atoms with Gasteiger partial charge in [0.25, 0.3) is 0 Å². The summed E-state index contributed by atoms with van der Waals surface area (Å²) in [5.41, 5.74) is 0. The second kappa shape index (κ2) is 3.23. The molecule has 0 spiro atoms. The van der Waals surface area contributed by atoms with E-state index in [0.717, 1.165) is 12.3 Å². The zero-order valence-corrected chi connectivity index (χ0v) is 5.58. The van der Waals surface area contributed by atoms with E-state index in [0.29, 0.717) is 6.32 Å². The van der Waals surface area contributed by atoms with Crippen LogP contribution in [0.2, 0.25) is 6.32 Å². The van der Waals surface area contributed by atoms with Gasteiger partial charge in [-0.25, -0.2) is 0 Å². The Morgan fingerprint density at radius 3 is 2.44 bits per heavy atom. The third kappa shape index (κ3) is 3.54. The molecule has 0 aromatic carbocycles. The predicted octanol–water partition coefficient (Wildman–Crippen LogP) is 0.649. The van der Waals surface area contributed by atoms with E-state index in [9.17, 15) is 0 Å². The number of rotatable bonds is 4. The van der Waals surface area contributed by atoms with Crippen LogP contribution in [0.3, 0.4) is 0 Å². The Morgan fingerprint density at radius 1 is 1.33 bits per heavy atom. The molecule has 1 fully saturated rings. The highest BCUT2D eigenvalue weighted by atomic mass is 16.4. The summed E-state index contributed by atoms with van der Waals surface area (Å²) in [5, 5.41) is 16.9. The van der Waals surface area contributed by atoms with Crippen LogP contribution in [0, 0.1) is 5.92 Å². The van der Waals surface area contributed by atoms with E-state index in [4.69, 9.17) is 10.0 Å². The molecule has 0 unspecified atom stereocenters. The van der Waals surface area contributed by atoms with Crippen molar-refractivity contribution in [2.45, 2.75) is 32.0 Å². The fraction of sp³-hybridized carbons (Fsp3) is 1.00. The van der Waals surface area contributed by atoms with E-state index in [2.05, 4.69) is 0 Å². The van der Waals surface area contributed by atoms with Gasteiger partial charge in [0.05, 0.1) is 0 Å². The summed E-state index contributed by atoms with van der Waals surface area (Å²) in [7, 11) is -1.08. The van der Waals surface area contributed by atoms with E-state index >= 15 is 0 Å². The van der Waals surface area contributed by atoms with Crippen LogP contribution < -0.4 is 0 Å². The molecule has 9 heavy (non-hydrogen) atoms. The average Bonchev–Trinajstić information content (AvgIpc) is 2.48. The maximum absolute atomic E-state index is 8.44. The van der Waals surface area contributed by atoms with Gasteiger partial charge in [0.1, 0.15) is 0 Å². The molecule has 1 aliphatic rings. The van der Waals surface area contributed by atoms with Gasteiger partial charge >= 0.3 is 7.12 Å². The van der Waals surface area contributed by atoms with E-state index in [1.165, 1.54) is 19.3 Å². The van der Waals surface area contributed by atoms with Crippen LogP contribution in [0.1, 0.15) is 25.7 Å². The standard InChI is InChI=1S/C6H13BO2/c8-7(9)5-1-2-6-3-4-6/h6,8-9H,1-5H2. The highest BCUT2D eigenvalue weighted by molar-refractivity contribution is 6.40. The second-order valence-corrected chi connectivity index (χ2v) is 2.85.